The number of aromatic amines is 1. The van der Waals surface area contributed by atoms with Gasteiger partial charge in [-0.2, -0.15) is 0 Å². The van der Waals surface area contributed by atoms with Gasteiger partial charge in [0.15, 0.2) is 0 Å². The Labute approximate surface area is 150 Å². The molecule has 3 aromatic rings. The van der Waals surface area contributed by atoms with Gasteiger partial charge in [0.25, 0.3) is 0 Å². The van der Waals surface area contributed by atoms with Gasteiger partial charge in [0.05, 0.1) is 11.9 Å². The maximum absolute atomic E-state index is 4.66. The lowest BCUT2D eigenvalue weighted by molar-refractivity contribution is 0.636. The number of unbranched alkanes of at least 4 members (excludes halogenated alkanes) is 3. The summed E-state index contributed by atoms with van der Waals surface area (Å²) in [5.74, 6) is 0.958. The number of imidazole rings is 1. The predicted molar refractivity (Wildman–Crippen MR) is 106 cm³/mol. The van der Waals surface area contributed by atoms with Crippen LogP contribution in [-0.4, -0.2) is 16.5 Å². The fourth-order valence-electron chi connectivity index (χ4n) is 3.03. The molecule has 0 amide bonds. The number of nitrogens with zero attached hydrogens (tertiary/aromatic N) is 2. The third-order valence-corrected chi connectivity index (χ3v) is 4.44. The average molecular weight is 333 g/mol. The molecule has 2 aromatic carbocycles. The van der Waals surface area contributed by atoms with Crippen molar-refractivity contribution in [1.82, 2.24) is 9.97 Å². The van der Waals surface area contributed by atoms with Gasteiger partial charge in [-0.15, -0.1) is 0 Å². The van der Waals surface area contributed by atoms with Gasteiger partial charge in [-0.05, 0) is 17.5 Å². The van der Waals surface area contributed by atoms with Crippen molar-refractivity contribution in [3.8, 4) is 11.3 Å². The zero-order chi connectivity index (χ0) is 17.3. The summed E-state index contributed by atoms with van der Waals surface area (Å²) in [4.78, 5) is 10.5. The molecule has 1 aromatic heterocycles. The monoisotopic (exact) mass is 333 g/mol. The third-order valence-electron chi connectivity index (χ3n) is 4.44. The lowest BCUT2D eigenvalue weighted by atomic mass is 10.2. The van der Waals surface area contributed by atoms with Crippen molar-refractivity contribution in [1.29, 1.82) is 0 Å². The van der Waals surface area contributed by atoms with Gasteiger partial charge in [0.1, 0.15) is 0 Å². The molecule has 0 saturated carbocycles. The standard InChI is InChI=1S/C22H27N3/c1-2-3-4-11-16-25(18-19-12-7-5-8-13-19)22-23-17-21(24-22)20-14-9-6-10-15-20/h5-10,12-15,17H,2-4,11,16,18H2,1H3,(H,23,24). The lowest BCUT2D eigenvalue weighted by Crippen LogP contribution is -2.25. The number of anilines is 1. The van der Waals surface area contributed by atoms with Crippen molar-refractivity contribution in [2.75, 3.05) is 11.4 Å². The van der Waals surface area contributed by atoms with Crippen molar-refractivity contribution in [2.24, 2.45) is 0 Å². The van der Waals surface area contributed by atoms with E-state index in [2.05, 4.69) is 76.4 Å². The topological polar surface area (TPSA) is 31.9 Å². The van der Waals surface area contributed by atoms with Crippen LogP contribution in [0.3, 0.4) is 0 Å². The highest BCUT2D eigenvalue weighted by Crippen LogP contribution is 2.21. The Morgan fingerprint density at radius 2 is 1.60 bits per heavy atom. The van der Waals surface area contributed by atoms with E-state index in [4.69, 9.17) is 0 Å². The highest BCUT2D eigenvalue weighted by Gasteiger charge is 2.12. The highest BCUT2D eigenvalue weighted by molar-refractivity contribution is 5.60. The van der Waals surface area contributed by atoms with Crippen molar-refractivity contribution in [3.63, 3.8) is 0 Å². The quantitative estimate of drug-likeness (QED) is 0.512. The van der Waals surface area contributed by atoms with E-state index in [9.17, 15) is 0 Å². The van der Waals surface area contributed by atoms with Gasteiger partial charge >= 0.3 is 0 Å². The molecule has 3 nitrogen and oxygen atoms in total. The number of rotatable bonds is 9. The minimum Gasteiger partial charge on any atom is -0.338 e. The summed E-state index contributed by atoms with van der Waals surface area (Å²) < 4.78 is 0. The molecule has 0 aliphatic heterocycles. The van der Waals surface area contributed by atoms with Crippen LogP contribution in [0.1, 0.15) is 38.2 Å². The first-order valence-corrected chi connectivity index (χ1v) is 9.26. The van der Waals surface area contributed by atoms with Crippen LogP contribution in [0.4, 0.5) is 5.95 Å². The van der Waals surface area contributed by atoms with Crippen molar-refractivity contribution in [2.45, 2.75) is 39.2 Å². The second-order valence-corrected chi connectivity index (χ2v) is 6.45. The molecular formula is C22H27N3. The zero-order valence-corrected chi connectivity index (χ0v) is 15.0. The molecule has 3 heteroatoms. The second-order valence-electron chi connectivity index (χ2n) is 6.45. The first-order valence-electron chi connectivity index (χ1n) is 9.26. The second kappa shape index (κ2) is 9.07. The molecule has 25 heavy (non-hydrogen) atoms. The Bertz CT molecular complexity index is 734. The van der Waals surface area contributed by atoms with Crippen LogP contribution >= 0.6 is 0 Å². The molecular weight excluding hydrogens is 306 g/mol. The zero-order valence-electron chi connectivity index (χ0n) is 15.0. The first-order chi connectivity index (χ1) is 12.4. The molecule has 0 bridgehead atoms. The SMILES string of the molecule is CCCCCCN(Cc1ccccc1)c1ncc(-c2ccccc2)[nH]1. The number of hydrogen-bond acceptors (Lipinski definition) is 2. The molecule has 0 radical (unpaired) electrons. The van der Waals surface area contributed by atoms with Crippen molar-refractivity contribution >= 4 is 5.95 Å². The summed E-state index contributed by atoms with van der Waals surface area (Å²) in [6.45, 7) is 4.16. The van der Waals surface area contributed by atoms with E-state index in [1.807, 2.05) is 12.3 Å². The van der Waals surface area contributed by atoms with Gasteiger partial charge in [0, 0.05) is 13.1 Å². The summed E-state index contributed by atoms with van der Waals surface area (Å²) in [7, 11) is 0. The van der Waals surface area contributed by atoms with Gasteiger partial charge in [0.2, 0.25) is 5.95 Å². The van der Waals surface area contributed by atoms with E-state index in [0.717, 1.165) is 24.7 Å². The molecule has 0 spiro atoms. The van der Waals surface area contributed by atoms with Crippen LogP contribution in [0.15, 0.2) is 66.9 Å². The largest absolute Gasteiger partial charge is 0.338 e. The minimum absolute atomic E-state index is 0.884. The average Bonchev–Trinajstić information content (AvgIpc) is 3.16. The number of aromatic nitrogens is 2. The van der Waals surface area contributed by atoms with E-state index in [1.54, 1.807) is 0 Å². The molecule has 130 valence electrons. The van der Waals surface area contributed by atoms with E-state index in [0.29, 0.717) is 0 Å². The Morgan fingerprint density at radius 3 is 2.32 bits per heavy atom. The molecule has 0 atom stereocenters. The Hall–Kier alpha value is -2.55. The Kier molecular flexibility index (Phi) is 6.27. The smallest absolute Gasteiger partial charge is 0.203 e. The third kappa shape index (κ3) is 4.96. The predicted octanol–water partition coefficient (Wildman–Crippen LogP) is 5.66. The molecule has 0 saturated heterocycles. The lowest BCUT2D eigenvalue weighted by Gasteiger charge is -2.22. The fourth-order valence-corrected chi connectivity index (χ4v) is 3.03. The van der Waals surface area contributed by atoms with Crippen molar-refractivity contribution in [3.05, 3.63) is 72.4 Å². The van der Waals surface area contributed by atoms with E-state index < -0.39 is 0 Å². The molecule has 0 unspecified atom stereocenters. The van der Waals surface area contributed by atoms with Gasteiger partial charge in [-0.25, -0.2) is 4.98 Å². The molecule has 3 rings (SSSR count). The minimum atomic E-state index is 0.884. The van der Waals surface area contributed by atoms with E-state index in [1.165, 1.54) is 36.8 Å². The maximum atomic E-state index is 4.66. The normalized spacial score (nSPS) is 10.8. The Morgan fingerprint density at radius 1 is 0.880 bits per heavy atom. The summed E-state index contributed by atoms with van der Waals surface area (Å²) >= 11 is 0. The molecule has 0 aliphatic carbocycles. The Balaban J connectivity index is 1.75. The van der Waals surface area contributed by atoms with Crippen LogP contribution in [0.25, 0.3) is 11.3 Å². The van der Waals surface area contributed by atoms with Crippen LogP contribution in [0.2, 0.25) is 0 Å². The summed E-state index contributed by atoms with van der Waals surface area (Å²) in [5.41, 5.74) is 3.56. The van der Waals surface area contributed by atoms with Crippen LogP contribution in [0, 0.1) is 0 Å². The van der Waals surface area contributed by atoms with Gasteiger partial charge in [-0.1, -0.05) is 86.8 Å². The number of hydrogen-bond donors (Lipinski definition) is 1. The summed E-state index contributed by atoms with van der Waals surface area (Å²) in [6, 6.07) is 21.0. The summed E-state index contributed by atoms with van der Waals surface area (Å²) in [5, 5.41) is 0. The molecule has 0 fully saturated rings. The van der Waals surface area contributed by atoms with E-state index in [-0.39, 0.29) is 0 Å². The highest BCUT2D eigenvalue weighted by atomic mass is 15.3. The molecule has 1 N–H and O–H groups in total. The number of nitrogens with one attached hydrogen (secondary N) is 1. The van der Waals surface area contributed by atoms with Crippen molar-refractivity contribution < 1.29 is 0 Å². The number of benzene rings is 2. The summed E-state index contributed by atoms with van der Waals surface area (Å²) in [6.07, 6.45) is 6.97. The van der Waals surface area contributed by atoms with Gasteiger partial charge in [-0.3, -0.25) is 0 Å². The molecule has 1 heterocycles. The van der Waals surface area contributed by atoms with Crippen LogP contribution in [-0.2, 0) is 6.54 Å². The molecule has 0 aliphatic rings. The first kappa shape index (κ1) is 17.3. The fraction of sp³-hybridized carbons (Fsp3) is 0.318. The van der Waals surface area contributed by atoms with Gasteiger partial charge < -0.3 is 9.88 Å². The maximum Gasteiger partial charge on any atom is 0.203 e. The van der Waals surface area contributed by atoms with E-state index >= 15 is 0 Å². The van der Waals surface area contributed by atoms with Crippen LogP contribution in [0.5, 0.6) is 0 Å². The van der Waals surface area contributed by atoms with Crippen LogP contribution < -0.4 is 4.90 Å². The number of H-pyrrole nitrogens is 1.